The number of carbonyl (C=O) groups excluding carboxylic acids is 1. The van der Waals surface area contributed by atoms with Crippen LogP contribution in [-0.2, 0) is 11.3 Å². The van der Waals surface area contributed by atoms with Crippen LogP contribution in [0.2, 0.25) is 0 Å². The molecule has 0 atom stereocenters. The summed E-state index contributed by atoms with van der Waals surface area (Å²) >= 11 is 1.54. The molecule has 1 heterocycles. The van der Waals surface area contributed by atoms with Gasteiger partial charge in [0.1, 0.15) is 6.61 Å². The molecule has 17 heavy (non-hydrogen) atoms. The topological polar surface area (TPSA) is 30.2 Å². The van der Waals surface area contributed by atoms with Gasteiger partial charge in [-0.05, 0) is 5.56 Å². The van der Waals surface area contributed by atoms with E-state index in [4.69, 9.17) is 4.74 Å². The maximum atomic E-state index is 11.9. The number of hydrogen-bond donors (Lipinski definition) is 0. The van der Waals surface area contributed by atoms with Crippen molar-refractivity contribution >= 4 is 17.4 Å². The van der Waals surface area contributed by atoms with E-state index >= 15 is 0 Å². The van der Waals surface area contributed by atoms with Crippen LogP contribution in [0.4, 0.5) is 4.79 Å². The standard InChI is InChI=1S/C13H14NO2S/c1-10-9-17-11(2)14(10)13(15)16-8-12-6-4-3-5-7-12/h3-7,9H,8H2,1-2H3/q+1. The van der Waals surface area contributed by atoms with Gasteiger partial charge in [0.05, 0.1) is 5.38 Å². The summed E-state index contributed by atoms with van der Waals surface area (Å²) in [6.45, 7) is 4.11. The minimum absolute atomic E-state index is 0.307. The van der Waals surface area contributed by atoms with Gasteiger partial charge < -0.3 is 4.74 Å². The number of aryl methyl sites for hydroxylation is 2. The third kappa shape index (κ3) is 2.71. The van der Waals surface area contributed by atoms with Crippen molar-refractivity contribution in [3.8, 4) is 0 Å². The fourth-order valence-corrected chi connectivity index (χ4v) is 2.35. The number of rotatable bonds is 2. The van der Waals surface area contributed by atoms with E-state index in [1.807, 2.05) is 49.6 Å². The molecule has 0 saturated heterocycles. The molecule has 0 bridgehead atoms. The lowest BCUT2D eigenvalue weighted by Crippen LogP contribution is -2.46. The molecule has 0 spiro atoms. The predicted molar refractivity (Wildman–Crippen MR) is 66.0 cm³/mol. The SMILES string of the molecule is Cc1csc(C)[n+]1C(=O)OCc1ccccc1. The second-order valence-electron chi connectivity index (χ2n) is 3.77. The largest absolute Gasteiger partial charge is 0.603 e. The van der Waals surface area contributed by atoms with Crippen molar-refractivity contribution in [2.24, 2.45) is 0 Å². The van der Waals surface area contributed by atoms with E-state index in [1.165, 1.54) is 0 Å². The Bertz CT molecular complexity index is 500. The van der Waals surface area contributed by atoms with Gasteiger partial charge in [0.2, 0.25) is 10.7 Å². The molecule has 0 N–H and O–H groups in total. The van der Waals surface area contributed by atoms with E-state index in [-0.39, 0.29) is 6.09 Å². The van der Waals surface area contributed by atoms with Crippen molar-refractivity contribution < 1.29 is 14.1 Å². The molecule has 2 aromatic rings. The summed E-state index contributed by atoms with van der Waals surface area (Å²) in [4.78, 5) is 11.9. The van der Waals surface area contributed by atoms with E-state index < -0.39 is 0 Å². The summed E-state index contributed by atoms with van der Waals surface area (Å²) in [6, 6.07) is 9.67. The molecular weight excluding hydrogens is 234 g/mol. The Morgan fingerprint density at radius 3 is 2.59 bits per heavy atom. The predicted octanol–water partition coefficient (Wildman–Crippen LogP) is 2.84. The number of nitrogens with zero attached hydrogens (tertiary/aromatic N) is 1. The van der Waals surface area contributed by atoms with Crippen LogP contribution in [0.25, 0.3) is 0 Å². The Morgan fingerprint density at radius 1 is 1.29 bits per heavy atom. The summed E-state index contributed by atoms with van der Waals surface area (Å²) in [5.74, 6) is 0. The zero-order valence-corrected chi connectivity index (χ0v) is 10.7. The summed E-state index contributed by atoms with van der Waals surface area (Å²) in [5.41, 5.74) is 1.90. The van der Waals surface area contributed by atoms with Crippen molar-refractivity contribution in [3.05, 3.63) is 52.0 Å². The van der Waals surface area contributed by atoms with Crippen LogP contribution in [0.5, 0.6) is 0 Å². The number of carbonyl (C=O) groups is 1. The van der Waals surface area contributed by atoms with Crippen molar-refractivity contribution in [1.82, 2.24) is 0 Å². The number of aromatic nitrogens is 1. The molecule has 0 radical (unpaired) electrons. The van der Waals surface area contributed by atoms with Crippen molar-refractivity contribution in [3.63, 3.8) is 0 Å². The number of thiazole rings is 1. The molecule has 0 aliphatic heterocycles. The molecule has 0 aliphatic carbocycles. The Kier molecular flexibility index (Phi) is 3.54. The van der Waals surface area contributed by atoms with Crippen LogP contribution in [0, 0.1) is 13.8 Å². The van der Waals surface area contributed by atoms with Crippen LogP contribution >= 0.6 is 11.3 Å². The van der Waals surface area contributed by atoms with E-state index in [9.17, 15) is 4.79 Å². The van der Waals surface area contributed by atoms with E-state index in [0.29, 0.717) is 6.61 Å². The molecule has 3 nitrogen and oxygen atoms in total. The highest BCUT2D eigenvalue weighted by atomic mass is 32.1. The fraction of sp³-hybridized carbons (Fsp3) is 0.231. The second kappa shape index (κ2) is 5.10. The van der Waals surface area contributed by atoms with Gasteiger partial charge in [-0.25, -0.2) is 0 Å². The summed E-state index contributed by atoms with van der Waals surface area (Å²) in [6.07, 6.45) is -0.315. The molecule has 1 aromatic carbocycles. The normalized spacial score (nSPS) is 10.2. The van der Waals surface area contributed by atoms with Crippen LogP contribution in [0.1, 0.15) is 16.3 Å². The molecule has 2 rings (SSSR count). The quantitative estimate of drug-likeness (QED) is 0.765. The van der Waals surface area contributed by atoms with E-state index in [2.05, 4.69) is 0 Å². The first-order valence-electron chi connectivity index (χ1n) is 5.36. The summed E-state index contributed by atoms with van der Waals surface area (Å²) in [5, 5.41) is 2.87. The van der Waals surface area contributed by atoms with Crippen molar-refractivity contribution in [2.75, 3.05) is 0 Å². The van der Waals surface area contributed by atoms with Gasteiger partial charge in [0.25, 0.3) is 0 Å². The molecule has 88 valence electrons. The van der Waals surface area contributed by atoms with Gasteiger partial charge >= 0.3 is 6.09 Å². The van der Waals surface area contributed by atoms with Crippen LogP contribution in [0.3, 0.4) is 0 Å². The lowest BCUT2D eigenvalue weighted by molar-refractivity contribution is -0.594. The third-order valence-corrected chi connectivity index (χ3v) is 3.44. The third-order valence-electron chi connectivity index (χ3n) is 2.46. The van der Waals surface area contributed by atoms with E-state index in [1.54, 1.807) is 15.9 Å². The molecule has 0 saturated carbocycles. The van der Waals surface area contributed by atoms with Gasteiger partial charge in [0.15, 0.2) is 0 Å². The first kappa shape index (κ1) is 11.8. The zero-order valence-electron chi connectivity index (χ0n) is 9.84. The molecule has 1 aromatic heterocycles. The van der Waals surface area contributed by atoms with Gasteiger partial charge in [0, 0.05) is 13.8 Å². The Morgan fingerprint density at radius 2 is 2.00 bits per heavy atom. The number of hydrogen-bond acceptors (Lipinski definition) is 3. The lowest BCUT2D eigenvalue weighted by atomic mass is 10.2. The molecule has 0 amide bonds. The lowest BCUT2D eigenvalue weighted by Gasteiger charge is -2.00. The minimum Gasteiger partial charge on any atom is -0.407 e. The van der Waals surface area contributed by atoms with Crippen molar-refractivity contribution in [1.29, 1.82) is 0 Å². The van der Waals surface area contributed by atoms with Crippen LogP contribution in [0.15, 0.2) is 35.7 Å². The van der Waals surface area contributed by atoms with Crippen molar-refractivity contribution in [2.45, 2.75) is 20.5 Å². The monoisotopic (exact) mass is 248 g/mol. The Hall–Kier alpha value is -1.68. The second-order valence-corrected chi connectivity index (χ2v) is 4.83. The molecule has 0 aliphatic rings. The van der Waals surface area contributed by atoms with Gasteiger partial charge in [-0.2, -0.15) is 4.79 Å². The molecule has 0 fully saturated rings. The average molecular weight is 248 g/mol. The van der Waals surface area contributed by atoms with Crippen LogP contribution < -0.4 is 4.57 Å². The minimum atomic E-state index is -0.315. The smallest absolute Gasteiger partial charge is 0.407 e. The fourth-order valence-electron chi connectivity index (χ4n) is 1.58. The Balaban J connectivity index is 2.04. The molecular formula is C13H14NO2S+. The highest BCUT2D eigenvalue weighted by Gasteiger charge is 2.24. The first-order chi connectivity index (χ1) is 8.18. The Labute approximate surface area is 104 Å². The maximum absolute atomic E-state index is 11.9. The molecule has 4 heteroatoms. The highest BCUT2D eigenvalue weighted by Crippen LogP contribution is 2.06. The van der Waals surface area contributed by atoms with E-state index in [0.717, 1.165) is 16.3 Å². The number of benzene rings is 1. The van der Waals surface area contributed by atoms with Gasteiger partial charge in [-0.15, -0.1) is 0 Å². The maximum Gasteiger partial charge on any atom is 0.603 e. The molecule has 0 unspecified atom stereocenters. The average Bonchev–Trinajstić information content (AvgIpc) is 2.67. The first-order valence-corrected chi connectivity index (χ1v) is 6.24. The zero-order chi connectivity index (χ0) is 12.3. The van der Waals surface area contributed by atoms with Gasteiger partial charge in [-0.3, -0.25) is 0 Å². The summed E-state index contributed by atoms with van der Waals surface area (Å²) in [7, 11) is 0. The van der Waals surface area contributed by atoms with Gasteiger partial charge in [-0.1, -0.05) is 46.2 Å². The number of ether oxygens (including phenoxy) is 1. The highest BCUT2D eigenvalue weighted by molar-refractivity contribution is 7.09. The summed E-state index contributed by atoms with van der Waals surface area (Å²) < 4.78 is 6.86. The van der Waals surface area contributed by atoms with Crippen LogP contribution in [-0.4, -0.2) is 6.09 Å².